The van der Waals surface area contributed by atoms with Crippen molar-refractivity contribution >= 4 is 11.9 Å². The van der Waals surface area contributed by atoms with Crippen LogP contribution in [-0.4, -0.2) is 64.4 Å². The third-order valence-electron chi connectivity index (χ3n) is 1.99. The highest BCUT2D eigenvalue weighted by Crippen LogP contribution is 1.96. The van der Waals surface area contributed by atoms with E-state index < -0.39 is 11.9 Å². The van der Waals surface area contributed by atoms with Crippen LogP contribution in [0.1, 0.15) is 6.42 Å². The molecule has 0 aromatic rings. The minimum absolute atomic E-state index is 0.369. The van der Waals surface area contributed by atoms with Crippen LogP contribution in [0.5, 0.6) is 0 Å². The Kier molecular flexibility index (Phi) is 8.46. The van der Waals surface area contributed by atoms with Crippen molar-refractivity contribution in [3.8, 4) is 0 Å². The molecule has 6 nitrogen and oxygen atoms in total. The van der Waals surface area contributed by atoms with Crippen molar-refractivity contribution in [3.63, 3.8) is 0 Å². The van der Waals surface area contributed by atoms with Gasteiger partial charge in [-0.2, -0.15) is 0 Å². The SMILES string of the molecule is COCCCN(CCOC)C(=O)C(=O)OC. The molecular weight excluding hydrogens is 214 g/mol. The number of carbonyl (C=O) groups excluding carboxylic acids is 2. The lowest BCUT2D eigenvalue weighted by atomic mass is 10.3. The quantitative estimate of drug-likeness (QED) is 0.342. The third kappa shape index (κ3) is 5.67. The summed E-state index contributed by atoms with van der Waals surface area (Å²) in [5.74, 6) is -1.50. The molecule has 0 aliphatic carbocycles. The van der Waals surface area contributed by atoms with Gasteiger partial charge >= 0.3 is 11.9 Å². The maximum absolute atomic E-state index is 11.5. The van der Waals surface area contributed by atoms with E-state index in [1.165, 1.54) is 19.1 Å². The van der Waals surface area contributed by atoms with Crippen LogP contribution in [0.4, 0.5) is 0 Å². The fourth-order valence-corrected chi connectivity index (χ4v) is 1.13. The van der Waals surface area contributed by atoms with E-state index in [9.17, 15) is 9.59 Å². The molecule has 0 spiro atoms. The summed E-state index contributed by atoms with van der Waals surface area (Å²) in [6.07, 6.45) is 0.670. The van der Waals surface area contributed by atoms with Crippen molar-refractivity contribution in [2.45, 2.75) is 6.42 Å². The number of nitrogens with zero attached hydrogens (tertiary/aromatic N) is 1. The summed E-state index contributed by atoms with van der Waals surface area (Å²) in [5, 5.41) is 0. The Bertz CT molecular complexity index is 219. The van der Waals surface area contributed by atoms with E-state index in [2.05, 4.69) is 4.74 Å². The second-order valence-corrected chi connectivity index (χ2v) is 3.12. The zero-order valence-corrected chi connectivity index (χ0v) is 10.0. The van der Waals surface area contributed by atoms with E-state index >= 15 is 0 Å². The van der Waals surface area contributed by atoms with E-state index in [0.29, 0.717) is 32.7 Å². The van der Waals surface area contributed by atoms with Crippen molar-refractivity contribution in [3.05, 3.63) is 0 Å². The molecule has 0 rings (SSSR count). The zero-order valence-electron chi connectivity index (χ0n) is 10.0. The van der Waals surface area contributed by atoms with Gasteiger partial charge in [0, 0.05) is 33.9 Å². The Morgan fingerprint density at radius 3 is 2.12 bits per heavy atom. The number of ether oxygens (including phenoxy) is 3. The number of hydrogen-bond acceptors (Lipinski definition) is 5. The molecule has 0 N–H and O–H groups in total. The Balaban J connectivity index is 4.17. The van der Waals surface area contributed by atoms with E-state index in [1.807, 2.05) is 0 Å². The first-order chi connectivity index (χ1) is 7.67. The summed E-state index contributed by atoms with van der Waals surface area (Å²) in [6.45, 7) is 1.74. The molecule has 0 aromatic carbocycles. The van der Waals surface area contributed by atoms with Gasteiger partial charge in [-0.15, -0.1) is 0 Å². The molecule has 0 bridgehead atoms. The number of rotatable bonds is 7. The molecule has 1 amide bonds. The fourth-order valence-electron chi connectivity index (χ4n) is 1.13. The van der Waals surface area contributed by atoms with Crippen LogP contribution in [0.25, 0.3) is 0 Å². The molecule has 94 valence electrons. The summed E-state index contributed by atoms with van der Waals surface area (Å²) in [6, 6.07) is 0. The number of carbonyl (C=O) groups is 2. The zero-order chi connectivity index (χ0) is 12.4. The fraction of sp³-hybridized carbons (Fsp3) is 0.800. The summed E-state index contributed by atoms with van der Waals surface area (Å²) >= 11 is 0. The molecule has 0 aliphatic rings. The van der Waals surface area contributed by atoms with Crippen LogP contribution in [0, 0.1) is 0 Å². The van der Waals surface area contributed by atoms with Crippen molar-refractivity contribution in [1.82, 2.24) is 4.90 Å². The predicted octanol–water partition coefficient (Wildman–Crippen LogP) is -0.329. The molecular formula is C10H19NO5. The first-order valence-electron chi connectivity index (χ1n) is 5.02. The van der Waals surface area contributed by atoms with Gasteiger partial charge in [-0.3, -0.25) is 4.79 Å². The summed E-state index contributed by atoms with van der Waals surface area (Å²) in [5.41, 5.74) is 0. The van der Waals surface area contributed by atoms with Gasteiger partial charge in [0.2, 0.25) is 0 Å². The topological polar surface area (TPSA) is 65.1 Å². The first kappa shape index (κ1) is 14.9. The monoisotopic (exact) mass is 233 g/mol. The Labute approximate surface area is 95.4 Å². The van der Waals surface area contributed by atoms with Crippen LogP contribution in [0.3, 0.4) is 0 Å². The molecule has 0 heterocycles. The van der Waals surface area contributed by atoms with Gasteiger partial charge in [0.25, 0.3) is 0 Å². The van der Waals surface area contributed by atoms with Crippen LogP contribution >= 0.6 is 0 Å². The Morgan fingerprint density at radius 1 is 1.00 bits per heavy atom. The van der Waals surface area contributed by atoms with E-state index in [-0.39, 0.29) is 0 Å². The average molecular weight is 233 g/mol. The van der Waals surface area contributed by atoms with Gasteiger partial charge in [-0.05, 0) is 6.42 Å². The molecule has 16 heavy (non-hydrogen) atoms. The standard InChI is InChI=1S/C10H19NO5/c1-14-7-4-5-11(6-8-15-2)9(12)10(13)16-3/h4-8H2,1-3H3. The molecule has 0 radical (unpaired) electrons. The molecule has 0 aromatic heterocycles. The lowest BCUT2D eigenvalue weighted by molar-refractivity contribution is -0.158. The van der Waals surface area contributed by atoms with Crippen LogP contribution < -0.4 is 0 Å². The molecule has 0 fully saturated rings. The van der Waals surface area contributed by atoms with Crippen LogP contribution in [0.15, 0.2) is 0 Å². The van der Waals surface area contributed by atoms with Crippen molar-refractivity contribution in [2.75, 3.05) is 47.6 Å². The molecule has 0 aliphatic heterocycles. The normalized spacial score (nSPS) is 9.94. The lowest BCUT2D eigenvalue weighted by Crippen LogP contribution is -2.40. The highest BCUT2D eigenvalue weighted by atomic mass is 16.5. The van der Waals surface area contributed by atoms with Crippen molar-refractivity contribution in [1.29, 1.82) is 0 Å². The second-order valence-electron chi connectivity index (χ2n) is 3.12. The van der Waals surface area contributed by atoms with Gasteiger partial charge in [-0.25, -0.2) is 4.79 Å². The minimum atomic E-state index is -0.853. The molecule has 0 unspecified atom stereocenters. The Hall–Kier alpha value is -1.14. The smallest absolute Gasteiger partial charge is 0.396 e. The number of hydrogen-bond donors (Lipinski definition) is 0. The van der Waals surface area contributed by atoms with Crippen molar-refractivity contribution < 1.29 is 23.8 Å². The number of amides is 1. The predicted molar refractivity (Wildman–Crippen MR) is 57.0 cm³/mol. The van der Waals surface area contributed by atoms with Gasteiger partial charge in [0.05, 0.1) is 13.7 Å². The number of esters is 1. The van der Waals surface area contributed by atoms with E-state index in [0.717, 1.165) is 0 Å². The summed E-state index contributed by atoms with van der Waals surface area (Å²) < 4.78 is 14.1. The summed E-state index contributed by atoms with van der Waals surface area (Å²) in [4.78, 5) is 24.0. The minimum Gasteiger partial charge on any atom is -0.462 e. The van der Waals surface area contributed by atoms with E-state index in [4.69, 9.17) is 9.47 Å². The van der Waals surface area contributed by atoms with Crippen LogP contribution in [-0.2, 0) is 23.8 Å². The third-order valence-corrected chi connectivity index (χ3v) is 1.99. The molecule has 0 atom stereocenters. The largest absolute Gasteiger partial charge is 0.462 e. The van der Waals surface area contributed by atoms with Gasteiger partial charge < -0.3 is 19.1 Å². The van der Waals surface area contributed by atoms with Gasteiger partial charge in [-0.1, -0.05) is 0 Å². The van der Waals surface area contributed by atoms with Gasteiger partial charge in [0.15, 0.2) is 0 Å². The molecule has 6 heteroatoms. The molecule has 0 saturated carbocycles. The maximum Gasteiger partial charge on any atom is 0.396 e. The average Bonchev–Trinajstić information content (AvgIpc) is 2.31. The highest BCUT2D eigenvalue weighted by molar-refractivity contribution is 6.32. The number of methoxy groups -OCH3 is 3. The summed E-state index contributed by atoms with van der Waals surface area (Å²) in [7, 11) is 4.31. The highest BCUT2D eigenvalue weighted by Gasteiger charge is 2.21. The van der Waals surface area contributed by atoms with Gasteiger partial charge in [0.1, 0.15) is 0 Å². The lowest BCUT2D eigenvalue weighted by Gasteiger charge is -2.20. The van der Waals surface area contributed by atoms with E-state index in [1.54, 1.807) is 7.11 Å². The maximum atomic E-state index is 11.5. The Morgan fingerprint density at radius 2 is 1.62 bits per heavy atom. The second kappa shape index (κ2) is 9.11. The molecule has 0 saturated heterocycles. The van der Waals surface area contributed by atoms with Crippen LogP contribution in [0.2, 0.25) is 0 Å². The first-order valence-corrected chi connectivity index (χ1v) is 5.02. The van der Waals surface area contributed by atoms with Crippen molar-refractivity contribution in [2.24, 2.45) is 0 Å².